The maximum Gasteiger partial charge on any atom is 0.351 e. The van der Waals surface area contributed by atoms with E-state index in [0.717, 1.165) is 0 Å². The second-order valence-electron chi connectivity index (χ2n) is 6.94. The number of esters is 1. The van der Waals surface area contributed by atoms with Crippen LogP contribution in [0.25, 0.3) is 0 Å². The summed E-state index contributed by atoms with van der Waals surface area (Å²) in [6.07, 6.45) is 0. The first kappa shape index (κ1) is 18.8. The van der Waals surface area contributed by atoms with E-state index in [2.05, 4.69) is 20.8 Å². The SMILES string of the molecule is CCOC(=O)C(F)(CO[Si](C)(C)C(C)(C)C)c1ccccc1. The van der Waals surface area contributed by atoms with E-state index in [-0.39, 0.29) is 23.8 Å². The molecule has 1 aromatic carbocycles. The quantitative estimate of drug-likeness (QED) is 0.573. The van der Waals surface area contributed by atoms with Crippen molar-refractivity contribution in [3.05, 3.63) is 35.9 Å². The molecule has 0 amide bonds. The molecule has 0 N–H and O–H groups in total. The summed E-state index contributed by atoms with van der Waals surface area (Å²) >= 11 is 0. The van der Waals surface area contributed by atoms with Gasteiger partial charge in [0, 0.05) is 5.56 Å². The van der Waals surface area contributed by atoms with E-state index in [9.17, 15) is 4.79 Å². The zero-order valence-electron chi connectivity index (χ0n) is 14.4. The molecule has 1 rings (SSSR count). The maximum atomic E-state index is 15.4. The van der Waals surface area contributed by atoms with Crippen LogP contribution in [0.15, 0.2) is 30.3 Å². The number of alkyl halides is 1. The van der Waals surface area contributed by atoms with Crippen LogP contribution in [0.1, 0.15) is 33.3 Å². The van der Waals surface area contributed by atoms with Crippen molar-refractivity contribution in [3.8, 4) is 0 Å². The molecule has 0 aromatic heterocycles. The lowest BCUT2D eigenvalue weighted by Gasteiger charge is -2.38. The van der Waals surface area contributed by atoms with Gasteiger partial charge < -0.3 is 9.16 Å². The van der Waals surface area contributed by atoms with E-state index in [1.54, 1.807) is 37.3 Å². The predicted molar refractivity (Wildman–Crippen MR) is 89.0 cm³/mol. The smallest absolute Gasteiger partial charge is 0.351 e. The molecular weight excluding hydrogens is 299 g/mol. The molecule has 0 aliphatic carbocycles. The molecule has 0 saturated carbocycles. The zero-order valence-corrected chi connectivity index (χ0v) is 15.4. The third-order valence-electron chi connectivity index (χ3n) is 4.27. The number of hydrogen-bond donors (Lipinski definition) is 0. The van der Waals surface area contributed by atoms with E-state index in [4.69, 9.17) is 9.16 Å². The Bertz CT molecular complexity index is 496. The molecule has 5 heteroatoms. The van der Waals surface area contributed by atoms with Crippen LogP contribution < -0.4 is 0 Å². The Labute approximate surface area is 134 Å². The normalized spacial score (nSPS) is 15.2. The number of rotatable bonds is 6. The van der Waals surface area contributed by atoms with Gasteiger partial charge in [0.25, 0.3) is 5.67 Å². The minimum absolute atomic E-state index is 0.0563. The Morgan fingerprint density at radius 3 is 2.18 bits per heavy atom. The Hall–Kier alpha value is -1.20. The van der Waals surface area contributed by atoms with E-state index >= 15 is 4.39 Å². The van der Waals surface area contributed by atoms with Crippen molar-refractivity contribution in [2.24, 2.45) is 0 Å². The molecule has 0 fully saturated rings. The van der Waals surface area contributed by atoms with Gasteiger partial charge in [0.15, 0.2) is 8.32 Å². The van der Waals surface area contributed by atoms with Crippen molar-refractivity contribution in [1.29, 1.82) is 0 Å². The molecule has 1 atom stereocenters. The molecule has 0 bridgehead atoms. The highest BCUT2D eigenvalue weighted by atomic mass is 28.4. The van der Waals surface area contributed by atoms with Crippen molar-refractivity contribution in [2.75, 3.05) is 13.2 Å². The minimum atomic E-state index is -2.27. The predicted octanol–water partition coefficient (Wildman–Crippen LogP) is 4.44. The third-order valence-corrected chi connectivity index (χ3v) is 8.75. The van der Waals surface area contributed by atoms with Crippen LogP contribution in [0, 0.1) is 0 Å². The van der Waals surface area contributed by atoms with Gasteiger partial charge in [-0.3, -0.25) is 0 Å². The Balaban J connectivity index is 3.06. The second kappa shape index (κ2) is 6.92. The number of hydrogen-bond acceptors (Lipinski definition) is 3. The molecule has 1 unspecified atom stereocenters. The van der Waals surface area contributed by atoms with Crippen LogP contribution in [0.4, 0.5) is 4.39 Å². The highest BCUT2D eigenvalue weighted by molar-refractivity contribution is 6.74. The largest absolute Gasteiger partial charge is 0.463 e. The summed E-state index contributed by atoms with van der Waals surface area (Å²) in [7, 11) is -2.16. The summed E-state index contributed by atoms with van der Waals surface area (Å²) < 4.78 is 26.3. The number of carbonyl (C=O) groups excluding carboxylic acids is 1. The molecule has 0 saturated heterocycles. The van der Waals surface area contributed by atoms with Gasteiger partial charge in [0.1, 0.15) is 0 Å². The standard InChI is InChI=1S/C17H27FO3Si/c1-7-20-15(19)17(18,14-11-9-8-10-12-14)13-21-22(5,6)16(2,3)4/h8-12H,7,13H2,1-6H3. The van der Waals surface area contributed by atoms with E-state index < -0.39 is 20.0 Å². The van der Waals surface area contributed by atoms with Gasteiger partial charge in [-0.15, -0.1) is 0 Å². The highest BCUT2D eigenvalue weighted by Crippen LogP contribution is 2.38. The average Bonchev–Trinajstić information content (AvgIpc) is 2.45. The average molecular weight is 326 g/mol. The van der Waals surface area contributed by atoms with E-state index in [1.165, 1.54) is 0 Å². The molecule has 3 nitrogen and oxygen atoms in total. The Morgan fingerprint density at radius 2 is 1.73 bits per heavy atom. The lowest BCUT2D eigenvalue weighted by atomic mass is 9.97. The molecule has 124 valence electrons. The fourth-order valence-corrected chi connectivity index (χ4v) is 2.70. The van der Waals surface area contributed by atoms with E-state index in [1.807, 2.05) is 13.1 Å². The number of benzene rings is 1. The lowest BCUT2D eigenvalue weighted by molar-refractivity contribution is -0.160. The van der Waals surface area contributed by atoms with Crippen LogP contribution in [-0.2, 0) is 19.6 Å². The second-order valence-corrected chi connectivity index (χ2v) is 11.7. The molecule has 0 spiro atoms. The van der Waals surface area contributed by atoms with Crippen LogP contribution in [0.5, 0.6) is 0 Å². The van der Waals surface area contributed by atoms with Gasteiger partial charge >= 0.3 is 5.97 Å². The summed E-state index contributed by atoms with van der Waals surface area (Å²) in [6.45, 7) is 11.8. The first-order valence-electron chi connectivity index (χ1n) is 7.60. The van der Waals surface area contributed by atoms with Gasteiger partial charge in [0.05, 0.1) is 13.2 Å². The summed E-state index contributed by atoms with van der Waals surface area (Å²) in [5.41, 5.74) is -2.00. The fraction of sp³-hybridized carbons (Fsp3) is 0.588. The van der Waals surface area contributed by atoms with Crippen LogP contribution in [0.3, 0.4) is 0 Å². The molecular formula is C17H27FO3Si. The van der Waals surface area contributed by atoms with Crippen molar-refractivity contribution < 1.29 is 18.3 Å². The number of halogens is 1. The van der Waals surface area contributed by atoms with Gasteiger partial charge in [-0.2, -0.15) is 0 Å². The first-order chi connectivity index (χ1) is 10.0. The van der Waals surface area contributed by atoms with Gasteiger partial charge in [-0.25, -0.2) is 9.18 Å². The molecule has 0 aliphatic rings. The Kier molecular flexibility index (Phi) is 5.93. The summed E-state index contributed by atoms with van der Waals surface area (Å²) in [5.74, 6) is -0.889. The zero-order chi connectivity index (χ0) is 17.0. The Morgan fingerprint density at radius 1 is 1.18 bits per heavy atom. The summed E-state index contributed by atoms with van der Waals surface area (Å²) in [4.78, 5) is 12.2. The van der Waals surface area contributed by atoms with Gasteiger partial charge in [-0.1, -0.05) is 51.1 Å². The molecule has 0 heterocycles. The minimum Gasteiger partial charge on any atom is -0.463 e. The van der Waals surface area contributed by atoms with Crippen LogP contribution >= 0.6 is 0 Å². The van der Waals surface area contributed by atoms with E-state index in [0.29, 0.717) is 0 Å². The van der Waals surface area contributed by atoms with Crippen LogP contribution in [-0.4, -0.2) is 27.5 Å². The third kappa shape index (κ3) is 4.17. The van der Waals surface area contributed by atoms with Crippen molar-refractivity contribution in [1.82, 2.24) is 0 Å². The van der Waals surface area contributed by atoms with Crippen molar-refractivity contribution in [2.45, 2.75) is 51.5 Å². The fourth-order valence-electron chi connectivity index (χ4n) is 1.70. The summed E-state index contributed by atoms with van der Waals surface area (Å²) in [5, 5.41) is -0.0563. The molecule has 1 aromatic rings. The highest BCUT2D eigenvalue weighted by Gasteiger charge is 2.46. The van der Waals surface area contributed by atoms with Gasteiger partial charge in [0.2, 0.25) is 0 Å². The summed E-state index contributed by atoms with van der Waals surface area (Å²) in [6, 6.07) is 8.37. The van der Waals surface area contributed by atoms with Crippen molar-refractivity contribution in [3.63, 3.8) is 0 Å². The maximum absolute atomic E-state index is 15.4. The first-order valence-corrected chi connectivity index (χ1v) is 10.5. The molecule has 0 aliphatic heterocycles. The topological polar surface area (TPSA) is 35.5 Å². The monoisotopic (exact) mass is 326 g/mol. The number of ether oxygens (including phenoxy) is 1. The molecule has 0 radical (unpaired) electrons. The van der Waals surface area contributed by atoms with Crippen LogP contribution in [0.2, 0.25) is 18.1 Å². The lowest BCUT2D eigenvalue weighted by Crippen LogP contribution is -2.46. The number of carbonyl (C=O) groups is 1. The van der Waals surface area contributed by atoms with Crippen molar-refractivity contribution >= 4 is 14.3 Å². The van der Waals surface area contributed by atoms with Gasteiger partial charge in [-0.05, 0) is 25.1 Å². The molecule has 22 heavy (non-hydrogen) atoms.